The van der Waals surface area contributed by atoms with Crippen LogP contribution < -0.4 is 20.6 Å². The molecule has 156 valence electrons. The molecule has 0 saturated carbocycles. The number of nitrogens with one attached hydrogen (secondary N) is 1. The first-order valence-electron chi connectivity index (χ1n) is 9.45. The van der Waals surface area contributed by atoms with Crippen LogP contribution in [0.25, 0.3) is 0 Å². The molecule has 0 radical (unpaired) electrons. The molecule has 1 aromatic heterocycles. The molecule has 0 fully saturated rings. The minimum absolute atomic E-state index is 0.331. The molecule has 0 aliphatic carbocycles. The van der Waals surface area contributed by atoms with Crippen molar-refractivity contribution in [2.75, 3.05) is 12.8 Å². The zero-order chi connectivity index (χ0) is 21.5. The fraction of sp³-hybridized carbons (Fsp3) is 0.227. The highest BCUT2D eigenvalue weighted by Gasteiger charge is 2.15. The minimum atomic E-state index is -0.331. The zero-order valence-corrected chi connectivity index (χ0v) is 18.0. The van der Waals surface area contributed by atoms with E-state index in [1.807, 2.05) is 50.2 Å². The summed E-state index contributed by atoms with van der Waals surface area (Å²) in [5.74, 6) is 0.888. The van der Waals surface area contributed by atoms with Crippen LogP contribution in [0.3, 0.4) is 0 Å². The highest BCUT2D eigenvalue weighted by atomic mass is 32.1. The summed E-state index contributed by atoms with van der Waals surface area (Å²) in [6.45, 7) is 4.42. The van der Waals surface area contributed by atoms with Crippen molar-refractivity contribution in [3.05, 3.63) is 69.7 Å². The molecule has 3 aromatic rings. The first kappa shape index (κ1) is 21.3. The number of benzene rings is 2. The summed E-state index contributed by atoms with van der Waals surface area (Å²) in [7, 11) is 1.58. The van der Waals surface area contributed by atoms with Gasteiger partial charge in [0.1, 0.15) is 11.5 Å². The fourth-order valence-corrected chi connectivity index (χ4v) is 3.63. The molecule has 0 bridgehead atoms. The number of nitrogen functional groups attached to an aromatic ring is 1. The van der Waals surface area contributed by atoms with Gasteiger partial charge in [0.05, 0.1) is 19.0 Å². The van der Waals surface area contributed by atoms with Crippen molar-refractivity contribution in [2.45, 2.75) is 26.9 Å². The van der Waals surface area contributed by atoms with Gasteiger partial charge < -0.3 is 15.2 Å². The van der Waals surface area contributed by atoms with Crippen molar-refractivity contribution < 1.29 is 14.3 Å². The highest BCUT2D eigenvalue weighted by Crippen LogP contribution is 2.28. The maximum Gasteiger partial charge on any atom is 0.283 e. The number of methoxy groups -OCH3 is 1. The summed E-state index contributed by atoms with van der Waals surface area (Å²) >= 11 is 1.15. The molecular formula is C22H24N4O3S. The molecule has 0 unspecified atom stereocenters. The Labute approximate surface area is 179 Å². The Hall–Kier alpha value is -3.39. The zero-order valence-electron chi connectivity index (χ0n) is 17.1. The molecule has 0 spiro atoms. The number of rotatable bonds is 8. The summed E-state index contributed by atoms with van der Waals surface area (Å²) in [4.78, 5) is 16.9. The van der Waals surface area contributed by atoms with Crippen molar-refractivity contribution in [2.24, 2.45) is 5.10 Å². The van der Waals surface area contributed by atoms with Crippen molar-refractivity contribution >= 4 is 28.6 Å². The Morgan fingerprint density at radius 1 is 1.27 bits per heavy atom. The monoisotopic (exact) mass is 424 g/mol. The van der Waals surface area contributed by atoms with Crippen LogP contribution in [-0.2, 0) is 13.0 Å². The van der Waals surface area contributed by atoms with Gasteiger partial charge in [0, 0.05) is 0 Å². The van der Waals surface area contributed by atoms with Gasteiger partial charge in [0.2, 0.25) is 0 Å². The van der Waals surface area contributed by atoms with E-state index in [-0.39, 0.29) is 5.91 Å². The molecular weight excluding hydrogens is 400 g/mol. The van der Waals surface area contributed by atoms with Crippen LogP contribution >= 0.6 is 11.3 Å². The maximum absolute atomic E-state index is 12.3. The summed E-state index contributed by atoms with van der Waals surface area (Å²) in [5.41, 5.74) is 11.9. The predicted octanol–water partition coefficient (Wildman–Crippen LogP) is 3.95. The lowest BCUT2D eigenvalue weighted by Crippen LogP contribution is -2.17. The molecule has 0 aliphatic rings. The van der Waals surface area contributed by atoms with Gasteiger partial charge in [0.25, 0.3) is 5.91 Å². The number of aryl methyl sites for hydroxylation is 2. The molecule has 0 atom stereocenters. The number of hydrazone groups is 1. The number of nitrogens with two attached hydrogens (primary N) is 1. The van der Waals surface area contributed by atoms with Gasteiger partial charge in [-0.15, -0.1) is 0 Å². The number of ether oxygens (including phenoxy) is 2. The van der Waals surface area contributed by atoms with Crippen molar-refractivity contribution in [1.29, 1.82) is 0 Å². The second kappa shape index (κ2) is 9.89. The number of hydrogen-bond acceptors (Lipinski definition) is 7. The lowest BCUT2D eigenvalue weighted by molar-refractivity contribution is 0.0958. The van der Waals surface area contributed by atoms with Crippen LogP contribution in [0, 0.1) is 6.92 Å². The number of carbonyl (C=O) groups is 1. The lowest BCUT2D eigenvalue weighted by Gasteiger charge is -2.12. The number of hydrogen-bond donors (Lipinski definition) is 2. The van der Waals surface area contributed by atoms with E-state index in [0.717, 1.165) is 22.5 Å². The number of carbonyl (C=O) groups excluding carboxylic acids is 1. The Morgan fingerprint density at radius 2 is 2.07 bits per heavy atom. The van der Waals surface area contributed by atoms with E-state index < -0.39 is 0 Å². The smallest absolute Gasteiger partial charge is 0.283 e. The van der Waals surface area contributed by atoms with Gasteiger partial charge in [0.15, 0.2) is 16.6 Å². The van der Waals surface area contributed by atoms with E-state index in [4.69, 9.17) is 15.2 Å². The van der Waals surface area contributed by atoms with E-state index in [1.54, 1.807) is 19.4 Å². The third kappa shape index (κ3) is 5.15. The van der Waals surface area contributed by atoms with Gasteiger partial charge in [-0.1, -0.05) is 42.5 Å². The SMILES string of the molecule is CCc1nc(N)sc1C(=O)NN=Cc1ccc(OCc2ccccc2C)c(OC)c1. The summed E-state index contributed by atoms with van der Waals surface area (Å²) in [6, 6.07) is 13.5. The van der Waals surface area contributed by atoms with Gasteiger partial charge in [-0.25, -0.2) is 10.4 Å². The average Bonchev–Trinajstić information content (AvgIpc) is 3.14. The summed E-state index contributed by atoms with van der Waals surface area (Å²) in [6.07, 6.45) is 2.17. The molecule has 1 amide bonds. The Morgan fingerprint density at radius 3 is 2.80 bits per heavy atom. The second-order valence-corrected chi connectivity index (χ2v) is 7.54. The van der Waals surface area contributed by atoms with Crippen LogP contribution in [0.1, 0.15) is 39.0 Å². The largest absolute Gasteiger partial charge is 0.493 e. The number of amides is 1. The second-order valence-electron chi connectivity index (χ2n) is 6.51. The molecule has 0 saturated heterocycles. The van der Waals surface area contributed by atoms with E-state index in [9.17, 15) is 4.79 Å². The van der Waals surface area contributed by atoms with Gasteiger partial charge in [-0.2, -0.15) is 5.10 Å². The van der Waals surface area contributed by atoms with Crippen LogP contribution in [0.15, 0.2) is 47.6 Å². The summed E-state index contributed by atoms with van der Waals surface area (Å²) in [5, 5.41) is 4.40. The van der Waals surface area contributed by atoms with Crippen LogP contribution in [0.4, 0.5) is 5.13 Å². The average molecular weight is 425 g/mol. The summed E-state index contributed by atoms with van der Waals surface area (Å²) < 4.78 is 11.4. The molecule has 1 heterocycles. The van der Waals surface area contributed by atoms with Crippen LogP contribution in [0.2, 0.25) is 0 Å². The van der Waals surface area contributed by atoms with E-state index in [2.05, 4.69) is 15.5 Å². The standard InChI is InChI=1S/C22H24N4O3S/c1-4-17-20(30-22(23)25-17)21(27)26-24-12-15-9-10-18(19(11-15)28-3)29-13-16-8-6-5-7-14(16)2/h5-12H,4,13H2,1-3H3,(H2,23,25)(H,26,27). The molecule has 7 nitrogen and oxygen atoms in total. The highest BCUT2D eigenvalue weighted by molar-refractivity contribution is 7.17. The maximum atomic E-state index is 12.3. The quantitative estimate of drug-likeness (QED) is 0.421. The van der Waals surface area contributed by atoms with Crippen molar-refractivity contribution in [1.82, 2.24) is 10.4 Å². The number of anilines is 1. The Balaban J connectivity index is 1.65. The van der Waals surface area contributed by atoms with Gasteiger partial charge >= 0.3 is 0 Å². The third-order valence-electron chi connectivity index (χ3n) is 4.47. The van der Waals surface area contributed by atoms with Gasteiger partial charge in [-0.3, -0.25) is 4.79 Å². The first-order chi connectivity index (χ1) is 14.5. The number of thiazole rings is 1. The molecule has 8 heteroatoms. The van der Waals surface area contributed by atoms with Gasteiger partial charge in [-0.05, 0) is 48.2 Å². The van der Waals surface area contributed by atoms with E-state index >= 15 is 0 Å². The van der Waals surface area contributed by atoms with Crippen LogP contribution in [-0.4, -0.2) is 24.2 Å². The molecule has 3 rings (SSSR count). The third-order valence-corrected chi connectivity index (χ3v) is 5.39. The molecule has 2 aromatic carbocycles. The van der Waals surface area contributed by atoms with E-state index in [0.29, 0.717) is 40.2 Å². The lowest BCUT2D eigenvalue weighted by atomic mass is 10.1. The normalized spacial score (nSPS) is 10.9. The molecule has 0 aliphatic heterocycles. The number of aromatic nitrogens is 1. The van der Waals surface area contributed by atoms with E-state index in [1.165, 1.54) is 5.56 Å². The number of nitrogens with zero attached hydrogens (tertiary/aromatic N) is 2. The Bertz CT molecular complexity index is 1060. The first-order valence-corrected chi connectivity index (χ1v) is 10.3. The predicted molar refractivity (Wildman–Crippen MR) is 119 cm³/mol. The van der Waals surface area contributed by atoms with Crippen LogP contribution in [0.5, 0.6) is 11.5 Å². The Kier molecular flexibility index (Phi) is 7.03. The molecule has 30 heavy (non-hydrogen) atoms. The van der Waals surface area contributed by atoms with Crippen molar-refractivity contribution in [3.8, 4) is 11.5 Å². The molecule has 3 N–H and O–H groups in total. The topological polar surface area (TPSA) is 98.8 Å². The minimum Gasteiger partial charge on any atom is -0.493 e. The fourth-order valence-electron chi connectivity index (χ4n) is 2.81. The van der Waals surface area contributed by atoms with Crippen molar-refractivity contribution in [3.63, 3.8) is 0 Å².